The second kappa shape index (κ2) is 7.60. The van der Waals surface area contributed by atoms with E-state index in [4.69, 9.17) is 0 Å². The molecule has 1 atom stereocenters. The molecule has 1 aliphatic rings. The summed E-state index contributed by atoms with van der Waals surface area (Å²) in [6.45, 7) is 4.92. The average Bonchev–Trinajstić information content (AvgIpc) is 2.99. The molecule has 0 radical (unpaired) electrons. The first-order chi connectivity index (χ1) is 11.6. The molecule has 1 fully saturated rings. The molecular formula is C20H24N2O2. The third-order valence-electron chi connectivity index (χ3n) is 4.59. The summed E-state index contributed by atoms with van der Waals surface area (Å²) in [4.78, 5) is 14.6. The van der Waals surface area contributed by atoms with E-state index in [0.717, 1.165) is 42.7 Å². The van der Waals surface area contributed by atoms with Crippen LogP contribution < -0.4 is 5.32 Å². The van der Waals surface area contributed by atoms with E-state index < -0.39 is 0 Å². The Balaban J connectivity index is 1.65. The molecule has 126 valence electrons. The number of likely N-dealkylation sites (tertiary alicyclic amines) is 1. The monoisotopic (exact) mass is 324 g/mol. The highest BCUT2D eigenvalue weighted by Gasteiger charge is 2.20. The Morgan fingerprint density at radius 3 is 2.58 bits per heavy atom. The molecule has 1 heterocycles. The lowest BCUT2D eigenvalue weighted by molar-refractivity contribution is 0.0950. The van der Waals surface area contributed by atoms with E-state index in [1.54, 1.807) is 0 Å². The third-order valence-corrected chi connectivity index (χ3v) is 4.59. The van der Waals surface area contributed by atoms with E-state index in [0.29, 0.717) is 6.54 Å². The quantitative estimate of drug-likeness (QED) is 0.888. The van der Waals surface area contributed by atoms with Gasteiger partial charge in [0.2, 0.25) is 0 Å². The maximum atomic E-state index is 12.4. The highest BCUT2D eigenvalue weighted by molar-refractivity contribution is 5.95. The van der Waals surface area contributed by atoms with Gasteiger partial charge in [0.05, 0.1) is 6.10 Å². The van der Waals surface area contributed by atoms with Crippen LogP contribution in [0, 0.1) is 6.92 Å². The second-order valence-electron chi connectivity index (χ2n) is 6.44. The average molecular weight is 324 g/mol. The predicted molar refractivity (Wildman–Crippen MR) is 94.7 cm³/mol. The van der Waals surface area contributed by atoms with Crippen molar-refractivity contribution in [2.75, 3.05) is 13.1 Å². The van der Waals surface area contributed by atoms with Crippen molar-refractivity contribution in [1.82, 2.24) is 10.2 Å². The molecule has 4 nitrogen and oxygen atoms in total. The Morgan fingerprint density at radius 2 is 1.88 bits per heavy atom. The topological polar surface area (TPSA) is 52.6 Å². The summed E-state index contributed by atoms with van der Waals surface area (Å²) < 4.78 is 0. The Labute approximate surface area is 143 Å². The van der Waals surface area contributed by atoms with Crippen molar-refractivity contribution in [2.45, 2.75) is 32.5 Å². The van der Waals surface area contributed by atoms with E-state index in [9.17, 15) is 9.90 Å². The van der Waals surface area contributed by atoms with Gasteiger partial charge in [-0.15, -0.1) is 0 Å². The number of nitrogens with zero attached hydrogens (tertiary/aromatic N) is 1. The number of rotatable bonds is 5. The Bertz CT molecular complexity index is 714. The van der Waals surface area contributed by atoms with Gasteiger partial charge in [-0.3, -0.25) is 9.69 Å². The first-order valence-electron chi connectivity index (χ1n) is 8.44. The van der Waals surface area contributed by atoms with Gasteiger partial charge in [0.25, 0.3) is 5.91 Å². The van der Waals surface area contributed by atoms with Gasteiger partial charge >= 0.3 is 0 Å². The predicted octanol–water partition coefficient (Wildman–Crippen LogP) is 2.49. The van der Waals surface area contributed by atoms with Crippen molar-refractivity contribution in [2.24, 2.45) is 0 Å². The van der Waals surface area contributed by atoms with Crippen LogP contribution >= 0.6 is 0 Å². The van der Waals surface area contributed by atoms with E-state index in [-0.39, 0.29) is 12.0 Å². The largest absolute Gasteiger partial charge is 0.392 e. The van der Waals surface area contributed by atoms with Crippen LogP contribution in [0.2, 0.25) is 0 Å². The molecule has 1 aliphatic heterocycles. The summed E-state index contributed by atoms with van der Waals surface area (Å²) in [5.74, 6) is -0.0421. The van der Waals surface area contributed by atoms with Crippen molar-refractivity contribution < 1.29 is 9.90 Å². The van der Waals surface area contributed by atoms with Gasteiger partial charge in [-0.1, -0.05) is 42.5 Å². The van der Waals surface area contributed by atoms with Crippen molar-refractivity contribution in [3.63, 3.8) is 0 Å². The Hall–Kier alpha value is -2.17. The molecule has 4 heteroatoms. The van der Waals surface area contributed by atoms with Crippen LogP contribution in [-0.2, 0) is 13.1 Å². The normalized spacial score (nSPS) is 17.8. The molecule has 1 saturated heterocycles. The molecule has 0 spiro atoms. The molecule has 24 heavy (non-hydrogen) atoms. The van der Waals surface area contributed by atoms with E-state index in [1.165, 1.54) is 5.56 Å². The fraction of sp³-hybridized carbons (Fsp3) is 0.350. The number of aliphatic hydroxyl groups is 1. The molecule has 1 amide bonds. The van der Waals surface area contributed by atoms with Crippen molar-refractivity contribution in [3.05, 3.63) is 70.8 Å². The molecule has 3 rings (SSSR count). The minimum absolute atomic E-state index is 0.0421. The summed E-state index contributed by atoms with van der Waals surface area (Å²) in [7, 11) is 0. The lowest BCUT2D eigenvalue weighted by Crippen LogP contribution is -2.26. The molecular weight excluding hydrogens is 300 g/mol. The molecule has 0 aromatic heterocycles. The van der Waals surface area contributed by atoms with Crippen LogP contribution in [0.4, 0.5) is 0 Å². The number of aryl methyl sites for hydroxylation is 1. The first-order valence-corrected chi connectivity index (χ1v) is 8.44. The van der Waals surface area contributed by atoms with Crippen LogP contribution in [0.5, 0.6) is 0 Å². The van der Waals surface area contributed by atoms with Crippen LogP contribution in [-0.4, -0.2) is 35.1 Å². The minimum Gasteiger partial charge on any atom is -0.392 e. The zero-order valence-corrected chi connectivity index (χ0v) is 14.0. The zero-order chi connectivity index (χ0) is 16.9. The van der Waals surface area contributed by atoms with Crippen LogP contribution in [0.1, 0.15) is 33.5 Å². The van der Waals surface area contributed by atoms with Gasteiger partial charge < -0.3 is 10.4 Å². The number of carbonyl (C=O) groups is 1. The number of hydrogen-bond donors (Lipinski definition) is 2. The lowest BCUT2D eigenvalue weighted by atomic mass is 10.1. The number of β-amino-alcohol motifs (C(OH)–C–C–N with tert-alkyl or cyclic N) is 1. The van der Waals surface area contributed by atoms with Crippen molar-refractivity contribution >= 4 is 5.91 Å². The molecule has 0 aliphatic carbocycles. The Morgan fingerprint density at radius 1 is 1.17 bits per heavy atom. The van der Waals surface area contributed by atoms with Gasteiger partial charge in [0.15, 0.2) is 0 Å². The SMILES string of the molecule is Cc1ccccc1C(=O)NCc1ccccc1CN1CCC(O)C1. The molecule has 2 aromatic carbocycles. The number of nitrogens with one attached hydrogen (secondary N) is 1. The molecule has 2 aromatic rings. The Kier molecular flexibility index (Phi) is 5.28. The van der Waals surface area contributed by atoms with E-state index >= 15 is 0 Å². The first kappa shape index (κ1) is 16.7. The summed E-state index contributed by atoms with van der Waals surface area (Å²) in [5.41, 5.74) is 4.03. The number of aliphatic hydroxyl groups excluding tert-OH is 1. The van der Waals surface area contributed by atoms with Gasteiger partial charge in [0.1, 0.15) is 0 Å². The minimum atomic E-state index is -0.210. The van der Waals surface area contributed by atoms with E-state index in [1.807, 2.05) is 43.3 Å². The number of benzene rings is 2. The van der Waals surface area contributed by atoms with Gasteiger partial charge in [-0.2, -0.15) is 0 Å². The zero-order valence-electron chi connectivity index (χ0n) is 14.0. The maximum Gasteiger partial charge on any atom is 0.251 e. The third kappa shape index (κ3) is 4.02. The summed E-state index contributed by atoms with van der Waals surface area (Å²) in [5, 5.41) is 12.7. The summed E-state index contributed by atoms with van der Waals surface area (Å²) >= 11 is 0. The highest BCUT2D eigenvalue weighted by atomic mass is 16.3. The van der Waals surface area contributed by atoms with Crippen LogP contribution in [0.3, 0.4) is 0 Å². The van der Waals surface area contributed by atoms with Crippen LogP contribution in [0.15, 0.2) is 48.5 Å². The fourth-order valence-electron chi connectivity index (χ4n) is 3.18. The molecule has 0 saturated carbocycles. The number of amides is 1. The van der Waals surface area contributed by atoms with Crippen LogP contribution in [0.25, 0.3) is 0 Å². The standard InChI is InChI=1S/C20H24N2O2/c1-15-6-2-5-9-19(15)20(24)21-12-16-7-3-4-8-17(16)13-22-11-10-18(23)14-22/h2-9,18,23H,10-14H2,1H3,(H,21,24). The smallest absolute Gasteiger partial charge is 0.251 e. The molecule has 2 N–H and O–H groups in total. The second-order valence-corrected chi connectivity index (χ2v) is 6.44. The fourth-order valence-corrected chi connectivity index (χ4v) is 3.18. The number of carbonyl (C=O) groups excluding carboxylic acids is 1. The number of hydrogen-bond acceptors (Lipinski definition) is 3. The van der Waals surface area contributed by atoms with Crippen molar-refractivity contribution in [1.29, 1.82) is 0 Å². The van der Waals surface area contributed by atoms with E-state index in [2.05, 4.69) is 22.3 Å². The lowest BCUT2D eigenvalue weighted by Gasteiger charge is -2.18. The van der Waals surface area contributed by atoms with Crippen molar-refractivity contribution in [3.8, 4) is 0 Å². The summed E-state index contributed by atoms with van der Waals surface area (Å²) in [6, 6.07) is 15.8. The van der Waals surface area contributed by atoms with Gasteiger partial charge in [0, 0.05) is 31.7 Å². The highest BCUT2D eigenvalue weighted by Crippen LogP contribution is 2.17. The molecule has 1 unspecified atom stereocenters. The molecule has 0 bridgehead atoms. The van der Waals surface area contributed by atoms with Gasteiger partial charge in [-0.05, 0) is 36.1 Å². The maximum absolute atomic E-state index is 12.4. The summed E-state index contributed by atoms with van der Waals surface area (Å²) in [6.07, 6.45) is 0.629. The van der Waals surface area contributed by atoms with Gasteiger partial charge in [-0.25, -0.2) is 0 Å².